The Bertz CT molecular complexity index is 852. The average Bonchev–Trinajstić information content (AvgIpc) is 2.62. The van der Waals surface area contributed by atoms with Gasteiger partial charge in [0.25, 0.3) is 5.56 Å². The number of hydrogen-bond donors (Lipinski definition) is 3. The number of nitrogens with one attached hydrogen (secondary N) is 3. The normalized spacial score (nSPS) is 11.8. The molecule has 0 aliphatic rings. The molecular formula is C17H23N5O3S. The number of nitrogens with zero attached hydrogens (tertiary/aromatic N) is 2. The minimum absolute atomic E-state index is 0.0215. The highest BCUT2D eigenvalue weighted by Gasteiger charge is 2.10. The van der Waals surface area contributed by atoms with Crippen LogP contribution in [0.3, 0.4) is 0 Å². The first-order valence-corrected chi connectivity index (χ1v) is 8.62. The van der Waals surface area contributed by atoms with Gasteiger partial charge in [0, 0.05) is 33.0 Å². The molecule has 0 aliphatic carbocycles. The molecule has 1 amide bonds. The first-order valence-electron chi connectivity index (χ1n) is 8.21. The van der Waals surface area contributed by atoms with Crippen LogP contribution in [0.15, 0.2) is 29.1 Å². The molecule has 8 nitrogen and oxygen atoms in total. The van der Waals surface area contributed by atoms with E-state index in [4.69, 9.17) is 17.0 Å². The summed E-state index contributed by atoms with van der Waals surface area (Å²) in [4.78, 5) is 28.8. The van der Waals surface area contributed by atoms with Gasteiger partial charge in [-0.15, -0.1) is 0 Å². The monoisotopic (exact) mass is 377 g/mol. The standard InChI is InChI=1S/C17H23N5O3S/c1-11(10-25-3)18-17(26)21-20-15(23)9-8-14-19-13-7-5-4-6-12(13)16(24)22(14)2/h4-7,11H,8-10H2,1-3H3,(H,20,23)(H2,18,21,26)/t11-/m0/s1. The van der Waals surface area contributed by atoms with Crippen molar-refractivity contribution in [2.75, 3.05) is 13.7 Å². The maximum absolute atomic E-state index is 12.3. The lowest BCUT2D eigenvalue weighted by molar-refractivity contribution is -0.121. The summed E-state index contributed by atoms with van der Waals surface area (Å²) in [5.74, 6) is 0.300. The van der Waals surface area contributed by atoms with Gasteiger partial charge in [-0.1, -0.05) is 12.1 Å². The third-order valence-corrected chi connectivity index (χ3v) is 3.98. The van der Waals surface area contributed by atoms with Crippen LogP contribution in [0, 0.1) is 0 Å². The summed E-state index contributed by atoms with van der Waals surface area (Å²) < 4.78 is 6.47. The third-order valence-electron chi connectivity index (χ3n) is 3.76. The second-order valence-electron chi connectivity index (χ2n) is 5.91. The summed E-state index contributed by atoms with van der Waals surface area (Å²) in [7, 11) is 3.26. The van der Waals surface area contributed by atoms with Crippen LogP contribution in [0.25, 0.3) is 10.9 Å². The predicted octanol–water partition coefficient (Wildman–Crippen LogP) is 0.396. The van der Waals surface area contributed by atoms with E-state index in [1.165, 1.54) is 4.57 Å². The molecule has 0 unspecified atom stereocenters. The van der Waals surface area contributed by atoms with Gasteiger partial charge in [0.1, 0.15) is 5.82 Å². The van der Waals surface area contributed by atoms with Crippen LogP contribution < -0.4 is 21.7 Å². The van der Waals surface area contributed by atoms with Crippen molar-refractivity contribution < 1.29 is 9.53 Å². The molecule has 0 bridgehead atoms. The Labute approximate surface area is 156 Å². The molecule has 140 valence electrons. The number of aromatic nitrogens is 2. The van der Waals surface area contributed by atoms with Gasteiger partial charge >= 0.3 is 0 Å². The number of aryl methyl sites for hydroxylation is 1. The fourth-order valence-corrected chi connectivity index (χ4v) is 2.71. The molecule has 0 aliphatic heterocycles. The summed E-state index contributed by atoms with van der Waals surface area (Å²) in [5, 5.41) is 3.84. The number of hydrogen-bond acceptors (Lipinski definition) is 5. The van der Waals surface area contributed by atoms with Crippen LogP contribution in [0.2, 0.25) is 0 Å². The Morgan fingerprint density at radius 1 is 1.35 bits per heavy atom. The topological polar surface area (TPSA) is 97.3 Å². The highest BCUT2D eigenvalue weighted by Crippen LogP contribution is 2.08. The van der Waals surface area contributed by atoms with Gasteiger partial charge in [-0.3, -0.25) is 25.0 Å². The number of thiocarbonyl (C=S) groups is 1. The Morgan fingerprint density at radius 3 is 2.81 bits per heavy atom. The van der Waals surface area contributed by atoms with Crippen molar-refractivity contribution in [1.82, 2.24) is 25.7 Å². The average molecular weight is 377 g/mol. The second kappa shape index (κ2) is 9.25. The Morgan fingerprint density at radius 2 is 2.08 bits per heavy atom. The maximum atomic E-state index is 12.3. The van der Waals surface area contributed by atoms with E-state index in [9.17, 15) is 9.59 Å². The summed E-state index contributed by atoms with van der Waals surface area (Å²) >= 11 is 5.08. The predicted molar refractivity (Wildman–Crippen MR) is 104 cm³/mol. The summed E-state index contributed by atoms with van der Waals surface area (Å²) in [6.07, 6.45) is 0.506. The van der Waals surface area contributed by atoms with Crippen LogP contribution >= 0.6 is 12.2 Å². The van der Waals surface area contributed by atoms with Gasteiger partial charge in [0.05, 0.1) is 17.5 Å². The molecule has 1 atom stereocenters. The second-order valence-corrected chi connectivity index (χ2v) is 6.32. The van der Waals surface area contributed by atoms with E-state index >= 15 is 0 Å². The summed E-state index contributed by atoms with van der Waals surface area (Å²) in [6, 6.07) is 7.17. The quantitative estimate of drug-likeness (QED) is 0.495. The number of ether oxygens (including phenoxy) is 1. The highest BCUT2D eigenvalue weighted by molar-refractivity contribution is 7.80. The van der Waals surface area contributed by atoms with Crippen LogP contribution in [0.5, 0.6) is 0 Å². The molecule has 2 aromatic rings. The SMILES string of the molecule is COC[C@H](C)NC(=S)NNC(=O)CCc1nc2ccccc2c(=O)n1C. The van der Waals surface area contributed by atoms with Crippen LogP contribution in [-0.4, -0.2) is 40.3 Å². The van der Waals surface area contributed by atoms with Crippen molar-refractivity contribution in [1.29, 1.82) is 0 Å². The van der Waals surface area contributed by atoms with E-state index in [0.717, 1.165) is 0 Å². The molecule has 0 spiro atoms. The lowest BCUT2D eigenvalue weighted by Gasteiger charge is -2.16. The molecule has 0 fully saturated rings. The minimum Gasteiger partial charge on any atom is -0.383 e. The molecular weight excluding hydrogens is 354 g/mol. The van der Waals surface area contributed by atoms with Crippen molar-refractivity contribution in [3.8, 4) is 0 Å². The molecule has 1 aromatic carbocycles. The van der Waals surface area contributed by atoms with Crippen molar-refractivity contribution >= 4 is 34.1 Å². The maximum Gasteiger partial charge on any atom is 0.261 e. The molecule has 0 saturated heterocycles. The fourth-order valence-electron chi connectivity index (χ4n) is 2.45. The first kappa shape index (κ1) is 19.8. The molecule has 3 N–H and O–H groups in total. The van der Waals surface area contributed by atoms with Crippen molar-refractivity contribution in [3.63, 3.8) is 0 Å². The fraction of sp³-hybridized carbons (Fsp3) is 0.412. The zero-order chi connectivity index (χ0) is 19.1. The molecule has 1 aromatic heterocycles. The number of carbonyl (C=O) groups is 1. The molecule has 1 heterocycles. The first-order chi connectivity index (χ1) is 12.4. The van der Waals surface area contributed by atoms with Crippen molar-refractivity contribution in [2.45, 2.75) is 25.8 Å². The number of carbonyl (C=O) groups excluding carboxylic acids is 1. The number of para-hydroxylation sites is 1. The molecule has 0 saturated carbocycles. The van der Waals surface area contributed by atoms with Gasteiger partial charge in [-0.05, 0) is 31.3 Å². The van der Waals surface area contributed by atoms with Crippen LogP contribution in [0.4, 0.5) is 0 Å². The van der Waals surface area contributed by atoms with Crippen molar-refractivity contribution in [3.05, 3.63) is 40.4 Å². The highest BCUT2D eigenvalue weighted by atomic mass is 32.1. The third kappa shape index (κ3) is 5.24. The smallest absolute Gasteiger partial charge is 0.261 e. The number of benzene rings is 1. The minimum atomic E-state index is -0.254. The number of rotatable bonds is 6. The van der Waals surface area contributed by atoms with Gasteiger partial charge in [0.2, 0.25) is 5.91 Å². The largest absolute Gasteiger partial charge is 0.383 e. The van der Waals surface area contributed by atoms with Gasteiger partial charge in [-0.2, -0.15) is 0 Å². The Hall–Kier alpha value is -2.52. The molecule has 2 rings (SSSR count). The van der Waals surface area contributed by atoms with E-state index in [2.05, 4.69) is 21.2 Å². The van der Waals surface area contributed by atoms with Gasteiger partial charge in [-0.25, -0.2) is 4.98 Å². The van der Waals surface area contributed by atoms with Gasteiger partial charge < -0.3 is 10.1 Å². The number of fused-ring (bicyclic) bond motifs is 1. The lowest BCUT2D eigenvalue weighted by atomic mass is 10.2. The Kier molecular flexibility index (Phi) is 7.05. The molecule has 0 radical (unpaired) electrons. The van der Waals surface area contributed by atoms with E-state index < -0.39 is 0 Å². The van der Waals surface area contributed by atoms with Crippen molar-refractivity contribution in [2.24, 2.45) is 7.05 Å². The summed E-state index contributed by atoms with van der Waals surface area (Å²) in [6.45, 7) is 2.41. The molecule has 26 heavy (non-hydrogen) atoms. The Balaban J connectivity index is 1.90. The number of methoxy groups -OCH3 is 1. The number of hydrazine groups is 1. The zero-order valence-corrected chi connectivity index (χ0v) is 15.9. The molecule has 9 heteroatoms. The lowest BCUT2D eigenvalue weighted by Crippen LogP contribution is -2.50. The van der Waals surface area contributed by atoms with Crippen LogP contribution in [-0.2, 0) is 23.0 Å². The van der Waals surface area contributed by atoms with E-state index in [1.807, 2.05) is 13.0 Å². The van der Waals surface area contributed by atoms with E-state index in [-0.39, 0.29) is 23.9 Å². The number of amides is 1. The summed E-state index contributed by atoms with van der Waals surface area (Å²) in [5.41, 5.74) is 5.67. The van der Waals surface area contributed by atoms with E-state index in [1.54, 1.807) is 32.4 Å². The van der Waals surface area contributed by atoms with Crippen LogP contribution in [0.1, 0.15) is 19.2 Å². The van der Waals surface area contributed by atoms with Gasteiger partial charge in [0.15, 0.2) is 5.11 Å². The van der Waals surface area contributed by atoms with E-state index in [0.29, 0.717) is 34.9 Å². The zero-order valence-electron chi connectivity index (χ0n) is 15.0.